The maximum atomic E-state index is 10.7. The Morgan fingerprint density at radius 3 is 3.00 bits per heavy atom. The normalized spacial score (nSPS) is 11.5. The highest BCUT2D eigenvalue weighted by Crippen LogP contribution is 2.21. The van der Waals surface area contributed by atoms with Crippen molar-refractivity contribution in [3.05, 3.63) is 40.2 Å². The fourth-order valence-electron chi connectivity index (χ4n) is 1.75. The second-order valence-corrected chi connectivity index (χ2v) is 4.89. The van der Waals surface area contributed by atoms with Gasteiger partial charge >= 0.3 is 0 Å². The fourth-order valence-corrected chi connectivity index (χ4v) is 2.17. The molecule has 1 N–H and O–H groups in total. The van der Waals surface area contributed by atoms with Crippen molar-refractivity contribution in [1.29, 1.82) is 0 Å². The van der Waals surface area contributed by atoms with Crippen LogP contribution in [0.4, 0.5) is 5.69 Å². The minimum absolute atomic E-state index is 0.114. The maximum Gasteiger partial charge on any atom is 0.275 e. The van der Waals surface area contributed by atoms with Crippen LogP contribution in [0.1, 0.15) is 5.56 Å². The van der Waals surface area contributed by atoms with Gasteiger partial charge < -0.3 is 5.11 Å². The topological polar surface area (TPSA) is 124 Å². The molecule has 0 atom stereocenters. The summed E-state index contributed by atoms with van der Waals surface area (Å²) in [4.78, 5) is 10.2. The average molecular weight is 319 g/mol. The second-order valence-electron chi connectivity index (χ2n) is 4.12. The summed E-state index contributed by atoms with van der Waals surface area (Å²) in [6.45, 7) is 0. The van der Waals surface area contributed by atoms with Crippen molar-refractivity contribution in [2.75, 3.05) is 6.26 Å². The van der Waals surface area contributed by atoms with E-state index < -0.39 is 4.92 Å². The number of non-ortho nitro benzene ring substituents is 1. The number of hydrogen-bond acceptors (Lipinski definition) is 8. The van der Waals surface area contributed by atoms with E-state index in [2.05, 4.69) is 20.4 Å². The van der Waals surface area contributed by atoms with Gasteiger partial charge in [-0.25, -0.2) is 0 Å². The van der Waals surface area contributed by atoms with Crippen LogP contribution >= 0.6 is 11.8 Å². The zero-order valence-electron chi connectivity index (χ0n) is 11.2. The van der Waals surface area contributed by atoms with Crippen LogP contribution in [0.3, 0.4) is 0 Å². The van der Waals surface area contributed by atoms with E-state index in [1.807, 2.05) is 6.26 Å². The SMILES string of the molecule is CSc1nnc2n(/N=C/c3cc([N+](=O)[O-])ccc3O)cnn12. The molecule has 112 valence electrons. The number of nitro groups is 1. The van der Waals surface area contributed by atoms with Crippen LogP contribution in [0.5, 0.6) is 5.75 Å². The third-order valence-corrected chi connectivity index (χ3v) is 3.42. The van der Waals surface area contributed by atoms with Crippen LogP contribution in [0, 0.1) is 10.1 Å². The lowest BCUT2D eigenvalue weighted by Gasteiger charge is -1.98. The lowest BCUT2D eigenvalue weighted by atomic mass is 10.2. The Balaban J connectivity index is 1.97. The van der Waals surface area contributed by atoms with Gasteiger partial charge in [0.15, 0.2) is 0 Å². The van der Waals surface area contributed by atoms with Gasteiger partial charge in [-0.15, -0.1) is 10.2 Å². The van der Waals surface area contributed by atoms with Gasteiger partial charge in [0.1, 0.15) is 12.1 Å². The Morgan fingerprint density at radius 2 is 2.27 bits per heavy atom. The number of phenols is 1. The van der Waals surface area contributed by atoms with Crippen molar-refractivity contribution >= 4 is 29.4 Å². The number of hydrogen-bond donors (Lipinski definition) is 1. The van der Waals surface area contributed by atoms with E-state index in [0.29, 0.717) is 10.9 Å². The van der Waals surface area contributed by atoms with E-state index in [4.69, 9.17) is 0 Å². The monoisotopic (exact) mass is 319 g/mol. The number of fused-ring (bicyclic) bond motifs is 1. The standard InChI is InChI=1S/C11H9N7O3S/c1-22-11-15-14-10-16(6-13-17(10)11)12-5-7-4-8(18(20)21)2-3-9(7)19/h2-6,19H,1H3/b12-5+. The predicted molar refractivity (Wildman–Crippen MR) is 78.3 cm³/mol. The lowest BCUT2D eigenvalue weighted by molar-refractivity contribution is -0.384. The highest BCUT2D eigenvalue weighted by molar-refractivity contribution is 7.98. The van der Waals surface area contributed by atoms with E-state index in [1.54, 1.807) is 0 Å². The summed E-state index contributed by atoms with van der Waals surface area (Å²) in [5.74, 6) is 0.280. The number of benzene rings is 1. The molecular weight excluding hydrogens is 310 g/mol. The number of phenolic OH excluding ortho intramolecular Hbond substituents is 1. The van der Waals surface area contributed by atoms with Crippen molar-refractivity contribution in [3.63, 3.8) is 0 Å². The van der Waals surface area contributed by atoms with E-state index in [9.17, 15) is 15.2 Å². The van der Waals surface area contributed by atoms with Gasteiger partial charge in [0.05, 0.1) is 11.1 Å². The molecule has 0 saturated carbocycles. The Kier molecular flexibility index (Phi) is 3.47. The largest absolute Gasteiger partial charge is 0.507 e. The van der Waals surface area contributed by atoms with E-state index >= 15 is 0 Å². The highest BCUT2D eigenvalue weighted by Gasteiger charge is 2.11. The first-order valence-electron chi connectivity index (χ1n) is 5.94. The minimum atomic E-state index is -0.546. The first kappa shape index (κ1) is 14.0. The van der Waals surface area contributed by atoms with Crippen LogP contribution in [0.25, 0.3) is 5.78 Å². The molecule has 0 unspecified atom stereocenters. The van der Waals surface area contributed by atoms with E-state index in [0.717, 1.165) is 0 Å². The van der Waals surface area contributed by atoms with Crippen molar-refractivity contribution in [2.45, 2.75) is 5.16 Å². The van der Waals surface area contributed by atoms with E-state index in [-0.39, 0.29) is 17.0 Å². The fraction of sp³-hybridized carbons (Fsp3) is 0.0909. The first-order valence-corrected chi connectivity index (χ1v) is 7.17. The molecule has 11 heteroatoms. The quantitative estimate of drug-likeness (QED) is 0.331. The smallest absolute Gasteiger partial charge is 0.275 e. The van der Waals surface area contributed by atoms with Crippen LogP contribution in [0.15, 0.2) is 34.8 Å². The van der Waals surface area contributed by atoms with Crippen molar-refractivity contribution in [1.82, 2.24) is 24.5 Å². The molecule has 0 radical (unpaired) electrons. The molecule has 0 aliphatic rings. The number of aromatic hydroxyl groups is 1. The van der Waals surface area contributed by atoms with Crippen LogP contribution < -0.4 is 0 Å². The van der Waals surface area contributed by atoms with Gasteiger partial charge in [-0.1, -0.05) is 11.8 Å². The molecule has 22 heavy (non-hydrogen) atoms. The number of thioether (sulfide) groups is 1. The number of rotatable bonds is 4. The van der Waals surface area contributed by atoms with Gasteiger partial charge in [-0.05, 0) is 12.3 Å². The summed E-state index contributed by atoms with van der Waals surface area (Å²) in [6.07, 6.45) is 4.56. The highest BCUT2D eigenvalue weighted by atomic mass is 32.2. The third-order valence-electron chi connectivity index (χ3n) is 2.80. The predicted octanol–water partition coefficient (Wildman–Crippen LogP) is 1.14. The molecular formula is C11H9N7O3S. The zero-order valence-corrected chi connectivity index (χ0v) is 12.0. The summed E-state index contributed by atoms with van der Waals surface area (Å²) in [7, 11) is 0. The number of nitrogens with zero attached hydrogens (tertiary/aromatic N) is 7. The van der Waals surface area contributed by atoms with Gasteiger partial charge in [-0.2, -0.15) is 19.4 Å². The molecule has 1 aromatic carbocycles. The summed E-state index contributed by atoms with van der Waals surface area (Å²) in [5.41, 5.74) is 0.0767. The molecule has 0 saturated heterocycles. The Bertz CT molecular complexity index is 885. The molecule has 3 aromatic rings. The van der Waals surface area contributed by atoms with E-state index in [1.165, 1.54) is 51.7 Å². The summed E-state index contributed by atoms with van der Waals surface area (Å²) in [5, 5.41) is 37.1. The third kappa shape index (κ3) is 2.37. The Hall–Kier alpha value is -2.95. The van der Waals surface area contributed by atoms with Crippen molar-refractivity contribution in [3.8, 4) is 5.75 Å². The molecule has 0 fully saturated rings. The average Bonchev–Trinajstić information content (AvgIpc) is 3.08. The van der Waals surface area contributed by atoms with Crippen LogP contribution in [-0.2, 0) is 0 Å². The van der Waals surface area contributed by atoms with Gasteiger partial charge in [-0.3, -0.25) is 10.1 Å². The van der Waals surface area contributed by atoms with Gasteiger partial charge in [0, 0.05) is 17.7 Å². The van der Waals surface area contributed by atoms with Gasteiger partial charge in [0.2, 0.25) is 5.16 Å². The first-order chi connectivity index (χ1) is 10.6. The lowest BCUT2D eigenvalue weighted by Crippen LogP contribution is -1.93. The molecule has 0 spiro atoms. The molecule has 10 nitrogen and oxygen atoms in total. The molecule has 0 bridgehead atoms. The van der Waals surface area contributed by atoms with Crippen LogP contribution in [-0.4, -0.2) is 47.0 Å². The molecule has 0 aliphatic heterocycles. The Labute approximate surface area is 127 Å². The van der Waals surface area contributed by atoms with Crippen molar-refractivity contribution < 1.29 is 10.0 Å². The summed E-state index contributed by atoms with van der Waals surface area (Å²) < 4.78 is 2.86. The number of nitro benzene ring substituents is 1. The minimum Gasteiger partial charge on any atom is -0.507 e. The second kappa shape index (κ2) is 5.44. The molecule has 2 heterocycles. The Morgan fingerprint density at radius 1 is 1.45 bits per heavy atom. The molecule has 2 aromatic heterocycles. The zero-order chi connectivity index (χ0) is 15.7. The summed E-state index contributed by atoms with van der Waals surface area (Å²) >= 11 is 1.39. The van der Waals surface area contributed by atoms with Crippen LogP contribution in [0.2, 0.25) is 0 Å². The molecule has 0 amide bonds. The van der Waals surface area contributed by atoms with Gasteiger partial charge in [0.25, 0.3) is 11.5 Å². The summed E-state index contributed by atoms with van der Waals surface area (Å²) in [6, 6.07) is 3.68. The molecule has 3 rings (SSSR count). The molecule has 0 aliphatic carbocycles. The van der Waals surface area contributed by atoms with Crippen molar-refractivity contribution in [2.24, 2.45) is 5.10 Å². The number of aromatic nitrogens is 5. The maximum absolute atomic E-state index is 10.7.